The molecule has 0 radical (unpaired) electrons. The van der Waals surface area contributed by atoms with Gasteiger partial charge in [-0.3, -0.25) is 9.59 Å². The molecule has 0 aliphatic heterocycles. The summed E-state index contributed by atoms with van der Waals surface area (Å²) >= 11 is 0. The highest BCUT2D eigenvalue weighted by Crippen LogP contribution is 2.15. The average Bonchev–Trinajstić information content (AvgIpc) is 2.88. The van der Waals surface area contributed by atoms with Crippen LogP contribution in [0.5, 0.6) is 0 Å². The van der Waals surface area contributed by atoms with Crippen LogP contribution in [0.15, 0.2) is 36.5 Å². The first kappa shape index (κ1) is 14.6. The molecule has 21 heavy (non-hydrogen) atoms. The molecular formula is C15H18N4O2. The van der Waals surface area contributed by atoms with E-state index in [1.807, 2.05) is 6.92 Å². The number of hydrogen-bond donors (Lipinski definition) is 3. The minimum atomic E-state index is -0.261. The fraction of sp³-hybridized carbons (Fsp3) is 0.200. The zero-order valence-corrected chi connectivity index (χ0v) is 12.0. The van der Waals surface area contributed by atoms with Gasteiger partial charge in [-0.1, -0.05) is 6.07 Å². The SMILES string of the molecule is CCn1cc(N)cc1C(=O)Nc1cccc(C(=O)NC)c1. The highest BCUT2D eigenvalue weighted by molar-refractivity contribution is 6.04. The van der Waals surface area contributed by atoms with Gasteiger partial charge < -0.3 is 20.9 Å². The van der Waals surface area contributed by atoms with E-state index in [-0.39, 0.29) is 11.8 Å². The smallest absolute Gasteiger partial charge is 0.272 e. The van der Waals surface area contributed by atoms with Crippen molar-refractivity contribution in [1.29, 1.82) is 0 Å². The second kappa shape index (κ2) is 6.13. The molecule has 0 aliphatic rings. The Morgan fingerprint density at radius 1 is 1.24 bits per heavy atom. The third-order valence-corrected chi connectivity index (χ3v) is 3.10. The van der Waals surface area contributed by atoms with Gasteiger partial charge in [0.15, 0.2) is 0 Å². The minimum Gasteiger partial charge on any atom is -0.397 e. The van der Waals surface area contributed by atoms with Crippen LogP contribution in [0.2, 0.25) is 0 Å². The lowest BCUT2D eigenvalue weighted by Crippen LogP contribution is -2.19. The molecule has 2 amide bonds. The number of nitrogens with zero attached hydrogens (tertiary/aromatic N) is 1. The van der Waals surface area contributed by atoms with Gasteiger partial charge in [0.25, 0.3) is 11.8 Å². The van der Waals surface area contributed by atoms with Gasteiger partial charge in [0, 0.05) is 31.0 Å². The fourth-order valence-corrected chi connectivity index (χ4v) is 2.06. The Kier molecular flexibility index (Phi) is 4.27. The second-order valence-corrected chi connectivity index (χ2v) is 4.56. The summed E-state index contributed by atoms with van der Waals surface area (Å²) < 4.78 is 1.77. The second-order valence-electron chi connectivity index (χ2n) is 4.56. The Morgan fingerprint density at radius 3 is 2.67 bits per heavy atom. The van der Waals surface area contributed by atoms with Crippen molar-refractivity contribution in [2.24, 2.45) is 0 Å². The molecule has 1 aromatic carbocycles. The number of hydrogen-bond acceptors (Lipinski definition) is 3. The molecule has 1 aromatic heterocycles. The third-order valence-electron chi connectivity index (χ3n) is 3.10. The number of carbonyl (C=O) groups is 2. The predicted molar refractivity (Wildman–Crippen MR) is 82.3 cm³/mol. The number of nitrogens with two attached hydrogens (primary N) is 1. The van der Waals surface area contributed by atoms with Crippen LogP contribution in [0.1, 0.15) is 27.8 Å². The van der Waals surface area contributed by atoms with Gasteiger partial charge in [-0.05, 0) is 31.2 Å². The van der Waals surface area contributed by atoms with Crippen molar-refractivity contribution in [1.82, 2.24) is 9.88 Å². The standard InChI is InChI=1S/C15H18N4O2/c1-3-19-9-11(16)8-13(19)15(21)18-12-6-4-5-10(7-12)14(20)17-2/h4-9H,3,16H2,1-2H3,(H,17,20)(H,18,21). The Balaban J connectivity index is 2.21. The van der Waals surface area contributed by atoms with Crippen LogP contribution in [-0.2, 0) is 6.54 Å². The quantitative estimate of drug-likeness (QED) is 0.799. The molecule has 0 saturated carbocycles. The first-order chi connectivity index (χ1) is 10.0. The van der Waals surface area contributed by atoms with Crippen LogP contribution in [0, 0.1) is 0 Å². The maximum atomic E-state index is 12.3. The Labute approximate surface area is 122 Å². The molecule has 110 valence electrons. The Bertz CT molecular complexity index is 676. The molecule has 0 spiro atoms. The normalized spacial score (nSPS) is 10.2. The molecule has 0 saturated heterocycles. The van der Waals surface area contributed by atoms with Crippen molar-refractivity contribution in [2.45, 2.75) is 13.5 Å². The van der Waals surface area contributed by atoms with Crippen molar-refractivity contribution in [3.8, 4) is 0 Å². The summed E-state index contributed by atoms with van der Waals surface area (Å²) in [5.74, 6) is -0.463. The topological polar surface area (TPSA) is 89.2 Å². The van der Waals surface area contributed by atoms with Gasteiger partial charge in [0.2, 0.25) is 0 Å². The predicted octanol–water partition coefficient (Wildman–Crippen LogP) is 1.70. The number of benzene rings is 1. The summed E-state index contributed by atoms with van der Waals surface area (Å²) in [5, 5.41) is 5.31. The van der Waals surface area contributed by atoms with Crippen molar-refractivity contribution >= 4 is 23.2 Å². The van der Waals surface area contributed by atoms with E-state index in [1.54, 1.807) is 48.1 Å². The molecule has 4 N–H and O–H groups in total. The number of anilines is 2. The van der Waals surface area contributed by atoms with Crippen LogP contribution >= 0.6 is 0 Å². The third kappa shape index (κ3) is 3.22. The fourth-order valence-electron chi connectivity index (χ4n) is 2.06. The first-order valence-electron chi connectivity index (χ1n) is 6.64. The van der Waals surface area contributed by atoms with Gasteiger partial charge in [-0.15, -0.1) is 0 Å². The lowest BCUT2D eigenvalue weighted by atomic mass is 10.2. The molecule has 1 heterocycles. The van der Waals surface area contributed by atoms with E-state index in [2.05, 4.69) is 10.6 Å². The van der Waals surface area contributed by atoms with Gasteiger partial charge in [0.05, 0.1) is 5.69 Å². The van der Waals surface area contributed by atoms with Crippen molar-refractivity contribution in [2.75, 3.05) is 18.1 Å². The maximum Gasteiger partial charge on any atom is 0.272 e. The summed E-state index contributed by atoms with van der Waals surface area (Å²) in [6.45, 7) is 2.58. The molecular weight excluding hydrogens is 268 g/mol. The number of carbonyl (C=O) groups excluding carboxylic acids is 2. The molecule has 0 unspecified atom stereocenters. The monoisotopic (exact) mass is 286 g/mol. The molecule has 2 rings (SSSR count). The number of amides is 2. The van der Waals surface area contributed by atoms with Gasteiger partial charge in [-0.2, -0.15) is 0 Å². The molecule has 6 nitrogen and oxygen atoms in total. The summed E-state index contributed by atoms with van der Waals surface area (Å²) in [7, 11) is 1.56. The molecule has 0 aliphatic carbocycles. The highest BCUT2D eigenvalue weighted by Gasteiger charge is 2.13. The van der Waals surface area contributed by atoms with Gasteiger partial charge in [-0.25, -0.2) is 0 Å². The number of rotatable bonds is 4. The largest absolute Gasteiger partial charge is 0.397 e. The number of aromatic nitrogens is 1. The van der Waals surface area contributed by atoms with Crippen LogP contribution in [0.4, 0.5) is 11.4 Å². The highest BCUT2D eigenvalue weighted by atomic mass is 16.2. The van der Waals surface area contributed by atoms with E-state index in [1.165, 1.54) is 0 Å². The number of nitrogen functional groups attached to an aromatic ring is 1. The van der Waals surface area contributed by atoms with Crippen LogP contribution in [0.3, 0.4) is 0 Å². The van der Waals surface area contributed by atoms with E-state index in [0.29, 0.717) is 29.2 Å². The lowest BCUT2D eigenvalue weighted by Gasteiger charge is -2.08. The molecule has 0 bridgehead atoms. The summed E-state index contributed by atoms with van der Waals surface area (Å²) in [4.78, 5) is 23.9. The van der Waals surface area contributed by atoms with E-state index < -0.39 is 0 Å². The molecule has 2 aromatic rings. The Morgan fingerprint density at radius 2 is 2.00 bits per heavy atom. The number of aryl methyl sites for hydroxylation is 1. The summed E-state index contributed by atoms with van der Waals surface area (Å²) in [5.41, 5.74) is 7.79. The van der Waals surface area contributed by atoms with Crippen LogP contribution < -0.4 is 16.4 Å². The maximum absolute atomic E-state index is 12.3. The zero-order valence-electron chi connectivity index (χ0n) is 12.0. The van der Waals surface area contributed by atoms with E-state index in [0.717, 1.165) is 0 Å². The van der Waals surface area contributed by atoms with Crippen LogP contribution in [-0.4, -0.2) is 23.4 Å². The minimum absolute atomic E-state index is 0.202. The van der Waals surface area contributed by atoms with Gasteiger partial charge >= 0.3 is 0 Å². The average molecular weight is 286 g/mol. The Hall–Kier alpha value is -2.76. The first-order valence-corrected chi connectivity index (χ1v) is 6.64. The van der Waals surface area contributed by atoms with E-state index in [9.17, 15) is 9.59 Å². The van der Waals surface area contributed by atoms with E-state index in [4.69, 9.17) is 5.73 Å². The molecule has 0 atom stereocenters. The van der Waals surface area contributed by atoms with Crippen molar-refractivity contribution in [3.05, 3.63) is 47.8 Å². The molecule has 6 heteroatoms. The zero-order chi connectivity index (χ0) is 15.4. The van der Waals surface area contributed by atoms with Crippen molar-refractivity contribution < 1.29 is 9.59 Å². The molecule has 0 fully saturated rings. The van der Waals surface area contributed by atoms with Crippen molar-refractivity contribution in [3.63, 3.8) is 0 Å². The van der Waals surface area contributed by atoms with Crippen LogP contribution in [0.25, 0.3) is 0 Å². The van der Waals surface area contributed by atoms with Gasteiger partial charge in [0.1, 0.15) is 5.69 Å². The number of nitrogens with one attached hydrogen (secondary N) is 2. The van der Waals surface area contributed by atoms with E-state index >= 15 is 0 Å². The summed E-state index contributed by atoms with van der Waals surface area (Å²) in [6, 6.07) is 8.38. The summed E-state index contributed by atoms with van der Waals surface area (Å²) in [6.07, 6.45) is 1.72. The lowest BCUT2D eigenvalue weighted by molar-refractivity contribution is 0.0961.